The minimum Gasteiger partial charge on any atom is -0.475 e. The van der Waals surface area contributed by atoms with Gasteiger partial charge in [0, 0.05) is 36.8 Å². The van der Waals surface area contributed by atoms with Crippen LogP contribution < -0.4 is 9.46 Å². The summed E-state index contributed by atoms with van der Waals surface area (Å²) in [4.78, 5) is 26.8. The molecule has 1 fully saturated rings. The molecule has 4 bridgehead atoms. The van der Waals surface area contributed by atoms with Gasteiger partial charge in [-0.1, -0.05) is 45.0 Å². The van der Waals surface area contributed by atoms with Gasteiger partial charge < -0.3 is 9.64 Å². The summed E-state index contributed by atoms with van der Waals surface area (Å²) in [6.07, 6.45) is 1.04. The third-order valence-electron chi connectivity index (χ3n) is 7.49. The topological polar surface area (TPSA) is 105 Å². The van der Waals surface area contributed by atoms with E-state index in [0.717, 1.165) is 36.2 Å². The predicted octanol–water partition coefficient (Wildman–Crippen LogP) is 4.52. The highest BCUT2D eigenvalue weighted by molar-refractivity contribution is 7.92. The minimum atomic E-state index is -4.07. The molecule has 9 nitrogen and oxygen atoms in total. The number of nitrogens with one attached hydrogen (secondary N) is 1. The molecular formula is C30H37N5O4S. The molecular weight excluding hydrogens is 526 g/mol. The molecule has 1 aromatic heterocycles. The van der Waals surface area contributed by atoms with Gasteiger partial charge in [-0.05, 0) is 61.6 Å². The molecule has 3 heterocycles. The van der Waals surface area contributed by atoms with Crippen molar-refractivity contribution in [2.75, 3.05) is 37.5 Å². The number of aromatic nitrogens is 2. The van der Waals surface area contributed by atoms with E-state index in [1.165, 1.54) is 12.1 Å². The Labute approximate surface area is 236 Å². The van der Waals surface area contributed by atoms with Gasteiger partial charge in [-0.2, -0.15) is 4.98 Å². The number of amides is 1. The van der Waals surface area contributed by atoms with Crippen molar-refractivity contribution in [3.8, 4) is 17.1 Å². The summed E-state index contributed by atoms with van der Waals surface area (Å²) in [6, 6.07) is 13.6. The first kappa shape index (κ1) is 28.0. The van der Waals surface area contributed by atoms with Crippen LogP contribution in [-0.2, 0) is 10.0 Å². The van der Waals surface area contributed by atoms with Crippen LogP contribution in [0.1, 0.15) is 48.7 Å². The summed E-state index contributed by atoms with van der Waals surface area (Å²) >= 11 is 0. The van der Waals surface area contributed by atoms with Crippen LogP contribution in [0, 0.1) is 19.3 Å². The molecule has 40 heavy (non-hydrogen) atoms. The number of ether oxygens (including phenoxy) is 1. The first-order chi connectivity index (χ1) is 18.9. The van der Waals surface area contributed by atoms with Crippen molar-refractivity contribution in [2.45, 2.75) is 52.0 Å². The van der Waals surface area contributed by atoms with Crippen LogP contribution in [-0.4, -0.2) is 72.9 Å². The number of aryl methyl sites for hydroxylation is 2. The number of nitrogens with zero attached hydrogens (tertiary/aromatic N) is 4. The number of carbonyl (C=O) groups excluding carboxylic acids is 1. The van der Waals surface area contributed by atoms with Crippen LogP contribution in [0.4, 0.5) is 5.95 Å². The van der Waals surface area contributed by atoms with E-state index >= 15 is 0 Å². The number of hydrogen-bond donors (Lipinski definition) is 1. The fraction of sp³-hybridized carbons (Fsp3) is 0.433. The minimum absolute atomic E-state index is 0.0264. The maximum absolute atomic E-state index is 13.7. The number of hydrogen-bond acceptors (Lipinski definition) is 7. The fourth-order valence-electron chi connectivity index (χ4n) is 5.24. The van der Waals surface area contributed by atoms with E-state index in [-0.39, 0.29) is 40.7 Å². The zero-order chi connectivity index (χ0) is 28.7. The monoisotopic (exact) mass is 563 g/mol. The average molecular weight is 564 g/mol. The van der Waals surface area contributed by atoms with E-state index in [1.54, 1.807) is 23.1 Å². The van der Waals surface area contributed by atoms with E-state index in [0.29, 0.717) is 24.3 Å². The molecule has 1 N–H and O–H groups in total. The molecule has 1 unspecified atom stereocenters. The molecule has 3 aromatic rings. The second-order valence-electron chi connectivity index (χ2n) is 11.9. The lowest BCUT2D eigenvalue weighted by molar-refractivity contribution is 0.0306. The average Bonchev–Trinajstić information content (AvgIpc) is 2.89. The lowest BCUT2D eigenvalue weighted by atomic mass is 9.92. The smallest absolute Gasteiger partial charge is 0.264 e. The van der Waals surface area contributed by atoms with Gasteiger partial charge in [0.2, 0.25) is 11.8 Å². The lowest BCUT2D eigenvalue weighted by Gasteiger charge is -2.42. The van der Waals surface area contributed by atoms with Crippen molar-refractivity contribution in [3.05, 3.63) is 65.2 Å². The molecule has 0 radical (unpaired) electrons. The Kier molecular flexibility index (Phi) is 7.58. The van der Waals surface area contributed by atoms with E-state index in [9.17, 15) is 13.2 Å². The largest absolute Gasteiger partial charge is 0.475 e. The highest BCUT2D eigenvalue weighted by atomic mass is 32.2. The first-order valence-electron chi connectivity index (χ1n) is 13.6. The molecule has 212 valence electrons. The quantitative estimate of drug-likeness (QED) is 0.500. The van der Waals surface area contributed by atoms with E-state index in [4.69, 9.17) is 4.74 Å². The van der Waals surface area contributed by atoms with Crippen LogP contribution in [0.5, 0.6) is 5.88 Å². The third kappa shape index (κ3) is 6.13. The van der Waals surface area contributed by atoms with Crippen molar-refractivity contribution in [1.29, 1.82) is 0 Å². The number of sulfonamides is 1. The van der Waals surface area contributed by atoms with Crippen LogP contribution in [0.25, 0.3) is 11.3 Å². The zero-order valence-corrected chi connectivity index (χ0v) is 24.6. The SMILES string of the molecule is Cc1cccc(C)c1-c1cc2nc(n1)NS(=O)(=O)c1cccc(c1)C(=O)N1CCN(CCC(C)(C)C)CC1CO2. The van der Waals surface area contributed by atoms with Crippen molar-refractivity contribution < 1.29 is 17.9 Å². The van der Waals surface area contributed by atoms with Gasteiger partial charge >= 0.3 is 0 Å². The van der Waals surface area contributed by atoms with Crippen LogP contribution in [0.2, 0.25) is 0 Å². The fourth-order valence-corrected chi connectivity index (χ4v) is 6.23. The van der Waals surface area contributed by atoms with Crippen molar-refractivity contribution in [3.63, 3.8) is 0 Å². The Balaban J connectivity index is 1.57. The number of rotatable bonds is 3. The Morgan fingerprint density at radius 1 is 1.02 bits per heavy atom. The number of piperazine rings is 1. The second kappa shape index (κ2) is 10.8. The Morgan fingerprint density at radius 3 is 2.48 bits per heavy atom. The van der Waals surface area contributed by atoms with Crippen molar-refractivity contribution in [2.24, 2.45) is 5.41 Å². The maximum atomic E-state index is 13.7. The van der Waals surface area contributed by atoms with Crippen LogP contribution in [0.3, 0.4) is 0 Å². The van der Waals surface area contributed by atoms with Gasteiger partial charge in [-0.3, -0.25) is 9.69 Å². The van der Waals surface area contributed by atoms with Gasteiger partial charge in [0.25, 0.3) is 15.9 Å². The highest BCUT2D eigenvalue weighted by Crippen LogP contribution is 2.30. The Morgan fingerprint density at radius 2 is 1.75 bits per heavy atom. The van der Waals surface area contributed by atoms with Gasteiger partial charge in [-0.15, -0.1) is 0 Å². The number of anilines is 1. The van der Waals surface area contributed by atoms with Crippen LogP contribution >= 0.6 is 0 Å². The molecule has 0 saturated carbocycles. The molecule has 2 aliphatic heterocycles. The highest BCUT2D eigenvalue weighted by Gasteiger charge is 2.33. The molecule has 0 spiro atoms. The molecule has 10 heteroatoms. The molecule has 2 aromatic carbocycles. The standard InChI is InChI=1S/C30H37N5O4S/c1-20-8-6-9-21(2)27(20)25-17-26-32-29(31-25)33-40(37,38)24-11-7-10-22(16-24)28(36)35-15-14-34(13-12-30(3,4)5)18-23(35)19-39-26/h6-11,16-17,23H,12-15,18-19H2,1-5H3,(H,31,32,33). The van der Waals surface area contributed by atoms with Crippen molar-refractivity contribution >= 4 is 21.9 Å². The van der Waals surface area contributed by atoms with Gasteiger partial charge in [0.1, 0.15) is 6.61 Å². The lowest BCUT2D eigenvalue weighted by Crippen LogP contribution is -2.57. The summed E-state index contributed by atoms with van der Waals surface area (Å²) in [5.74, 6) is -0.0525. The molecule has 5 rings (SSSR count). The zero-order valence-electron chi connectivity index (χ0n) is 23.8. The maximum Gasteiger partial charge on any atom is 0.264 e. The first-order valence-corrected chi connectivity index (χ1v) is 15.1. The van der Waals surface area contributed by atoms with Crippen LogP contribution in [0.15, 0.2) is 53.4 Å². The third-order valence-corrected chi connectivity index (χ3v) is 8.81. The number of fused-ring (bicyclic) bond motifs is 5. The van der Waals surface area contributed by atoms with Crippen molar-refractivity contribution in [1.82, 2.24) is 19.8 Å². The molecule has 2 aliphatic rings. The summed E-state index contributed by atoms with van der Waals surface area (Å²) in [5, 5.41) is 0. The molecule has 1 amide bonds. The Hall–Kier alpha value is -3.50. The predicted molar refractivity (Wildman–Crippen MR) is 155 cm³/mol. The molecule has 0 aliphatic carbocycles. The number of benzene rings is 2. The van der Waals surface area contributed by atoms with E-state index in [2.05, 4.69) is 40.4 Å². The van der Waals surface area contributed by atoms with Gasteiger partial charge in [-0.25, -0.2) is 18.1 Å². The summed E-state index contributed by atoms with van der Waals surface area (Å²) in [6.45, 7) is 13.7. The summed E-state index contributed by atoms with van der Waals surface area (Å²) in [7, 11) is -4.07. The summed E-state index contributed by atoms with van der Waals surface area (Å²) < 4.78 is 35.5. The second-order valence-corrected chi connectivity index (χ2v) is 13.6. The number of carbonyl (C=O) groups is 1. The van der Waals surface area contributed by atoms with Gasteiger partial charge in [0.05, 0.1) is 16.6 Å². The summed E-state index contributed by atoms with van der Waals surface area (Å²) in [5.41, 5.74) is 3.98. The van der Waals surface area contributed by atoms with E-state index < -0.39 is 10.0 Å². The normalized spacial score (nSPS) is 19.4. The molecule has 1 atom stereocenters. The van der Waals surface area contributed by atoms with E-state index in [1.807, 2.05) is 32.0 Å². The molecule has 1 saturated heterocycles. The van der Waals surface area contributed by atoms with Gasteiger partial charge in [0.15, 0.2) is 0 Å². The Bertz CT molecular complexity index is 1510.